The number of unbranched alkanes of at least 4 members (excludes halogenated alkanes) is 1. The van der Waals surface area contributed by atoms with Crippen molar-refractivity contribution in [2.24, 2.45) is 0 Å². The molecule has 0 radical (unpaired) electrons. The van der Waals surface area contributed by atoms with Crippen LogP contribution in [0.2, 0.25) is 0 Å². The molecule has 0 aliphatic carbocycles. The van der Waals surface area contributed by atoms with Crippen LogP contribution in [-0.4, -0.2) is 86.7 Å². The molecule has 38 heavy (non-hydrogen) atoms. The molecule has 3 rings (SSSR count). The van der Waals surface area contributed by atoms with Crippen molar-refractivity contribution in [1.82, 2.24) is 14.7 Å². The van der Waals surface area contributed by atoms with Crippen LogP contribution in [0.3, 0.4) is 0 Å². The zero-order valence-electron chi connectivity index (χ0n) is 22.8. The third-order valence-electron chi connectivity index (χ3n) is 6.93. The Balaban J connectivity index is 1.44. The van der Waals surface area contributed by atoms with Gasteiger partial charge in [-0.15, -0.1) is 0 Å². The quantitative estimate of drug-likeness (QED) is 0.372. The molecule has 0 spiro atoms. The lowest BCUT2D eigenvalue weighted by atomic mass is 10.1. The molecule has 0 N–H and O–H groups in total. The molecule has 208 valence electrons. The Hall–Kier alpha value is -2.91. The first kappa shape index (κ1) is 29.6. The van der Waals surface area contributed by atoms with Crippen LogP contribution >= 0.6 is 0 Å². The van der Waals surface area contributed by atoms with E-state index in [0.717, 1.165) is 44.3 Å². The summed E-state index contributed by atoms with van der Waals surface area (Å²) >= 11 is 0. The Kier molecular flexibility index (Phi) is 11.2. The molecule has 1 fully saturated rings. The molecular weight excluding hydrogens is 502 g/mol. The maximum absolute atomic E-state index is 12.7. The second-order valence-electron chi connectivity index (χ2n) is 10.0. The van der Waals surface area contributed by atoms with Gasteiger partial charge in [0, 0.05) is 44.9 Å². The van der Waals surface area contributed by atoms with Crippen LogP contribution in [0, 0.1) is 0 Å². The van der Waals surface area contributed by atoms with E-state index in [2.05, 4.69) is 18.7 Å². The zero-order chi connectivity index (χ0) is 27.5. The first-order valence-electron chi connectivity index (χ1n) is 13.5. The topological polar surface area (TPSA) is 87.2 Å². The first-order chi connectivity index (χ1) is 18.2. The van der Waals surface area contributed by atoms with E-state index < -0.39 is 15.9 Å². The lowest BCUT2D eigenvalue weighted by molar-refractivity contribution is -0.130. The number of rotatable bonds is 12. The van der Waals surface area contributed by atoms with Gasteiger partial charge in [0.25, 0.3) is 0 Å². The van der Waals surface area contributed by atoms with E-state index in [1.54, 1.807) is 29.2 Å². The molecule has 1 heterocycles. The molecule has 1 saturated heterocycles. The fraction of sp³-hybridized carbons (Fsp3) is 0.517. The predicted molar refractivity (Wildman–Crippen MR) is 149 cm³/mol. The summed E-state index contributed by atoms with van der Waals surface area (Å²) in [5.74, 6) is 0.582. The number of carbonyl (C=O) groups is 2. The van der Waals surface area contributed by atoms with Crippen molar-refractivity contribution in [2.75, 3.05) is 45.5 Å². The van der Waals surface area contributed by atoms with Gasteiger partial charge in [-0.3, -0.25) is 4.79 Å². The molecule has 8 nitrogen and oxygen atoms in total. The van der Waals surface area contributed by atoms with Crippen LogP contribution < -0.4 is 4.74 Å². The number of amides is 2. The summed E-state index contributed by atoms with van der Waals surface area (Å²) in [7, 11) is -3.19. The Labute approximate surface area is 227 Å². The molecule has 1 aliphatic heterocycles. The highest BCUT2D eigenvalue weighted by atomic mass is 32.2. The summed E-state index contributed by atoms with van der Waals surface area (Å²) < 4.78 is 28.9. The standard InChI is InChI=1S/C29H41N3O5S/c1-4-17-30(24(2)23-25-12-14-27(15-13-25)38(3,35)36)18-8-9-19-31-21-22-32(20-16-28(31)33)29(34)37-26-10-6-5-7-11-26/h5-7,10-15,24H,4,8-9,16-23H2,1-3H3. The van der Waals surface area contributed by atoms with Crippen LogP contribution in [0.25, 0.3) is 0 Å². The summed E-state index contributed by atoms with van der Waals surface area (Å²) in [6.45, 7) is 8.34. The van der Waals surface area contributed by atoms with Gasteiger partial charge in [0.15, 0.2) is 9.84 Å². The van der Waals surface area contributed by atoms with E-state index in [0.29, 0.717) is 49.3 Å². The number of carbonyl (C=O) groups excluding carboxylic acids is 2. The summed E-state index contributed by atoms with van der Waals surface area (Å²) in [4.78, 5) is 31.5. The molecule has 2 aromatic rings. The number of ether oxygens (including phenoxy) is 1. The van der Waals surface area contributed by atoms with Crippen LogP contribution in [0.15, 0.2) is 59.5 Å². The Morgan fingerprint density at radius 2 is 1.71 bits per heavy atom. The van der Waals surface area contributed by atoms with Crippen molar-refractivity contribution in [2.45, 2.75) is 56.9 Å². The maximum Gasteiger partial charge on any atom is 0.415 e. The van der Waals surface area contributed by atoms with E-state index in [9.17, 15) is 18.0 Å². The number of benzene rings is 2. The van der Waals surface area contributed by atoms with Crippen LogP contribution in [0.1, 0.15) is 45.1 Å². The molecular formula is C29H41N3O5S. The van der Waals surface area contributed by atoms with Gasteiger partial charge < -0.3 is 19.4 Å². The SMILES string of the molecule is CCCN(CCCCN1CCN(C(=O)Oc2ccccc2)CCC1=O)C(C)Cc1ccc(S(C)(=O)=O)cc1. The molecule has 9 heteroatoms. The van der Waals surface area contributed by atoms with Crippen molar-refractivity contribution >= 4 is 21.8 Å². The molecule has 0 aromatic heterocycles. The lowest BCUT2D eigenvalue weighted by Gasteiger charge is -2.29. The van der Waals surface area contributed by atoms with Crippen molar-refractivity contribution in [3.8, 4) is 5.75 Å². The number of para-hydroxylation sites is 1. The number of nitrogens with zero attached hydrogens (tertiary/aromatic N) is 3. The lowest BCUT2D eigenvalue weighted by Crippen LogP contribution is -2.38. The van der Waals surface area contributed by atoms with E-state index in [1.165, 1.54) is 6.26 Å². The minimum absolute atomic E-state index is 0.0799. The van der Waals surface area contributed by atoms with Gasteiger partial charge in [-0.2, -0.15) is 0 Å². The second-order valence-corrected chi connectivity index (χ2v) is 12.0. The van der Waals surface area contributed by atoms with E-state index in [-0.39, 0.29) is 5.91 Å². The molecule has 2 amide bonds. The Bertz CT molecular complexity index is 1140. The third-order valence-corrected chi connectivity index (χ3v) is 8.06. The van der Waals surface area contributed by atoms with Gasteiger partial charge in [0.2, 0.25) is 5.91 Å². The van der Waals surface area contributed by atoms with E-state index >= 15 is 0 Å². The highest BCUT2D eigenvalue weighted by Gasteiger charge is 2.25. The summed E-state index contributed by atoms with van der Waals surface area (Å²) in [5, 5.41) is 0. The van der Waals surface area contributed by atoms with Gasteiger partial charge in [-0.05, 0) is 75.5 Å². The predicted octanol–water partition coefficient (Wildman–Crippen LogP) is 4.25. The van der Waals surface area contributed by atoms with Crippen LogP contribution in [-0.2, 0) is 21.1 Å². The second kappa shape index (κ2) is 14.3. The molecule has 1 atom stereocenters. The minimum atomic E-state index is -3.19. The highest BCUT2D eigenvalue weighted by Crippen LogP contribution is 2.16. The van der Waals surface area contributed by atoms with Gasteiger partial charge >= 0.3 is 6.09 Å². The normalized spacial score (nSPS) is 15.4. The largest absolute Gasteiger partial charge is 0.415 e. The fourth-order valence-electron chi connectivity index (χ4n) is 4.74. The van der Waals surface area contributed by atoms with Gasteiger partial charge in [-0.25, -0.2) is 13.2 Å². The van der Waals surface area contributed by atoms with Gasteiger partial charge in [0.1, 0.15) is 5.75 Å². The van der Waals surface area contributed by atoms with Crippen molar-refractivity contribution < 1.29 is 22.7 Å². The van der Waals surface area contributed by atoms with Crippen LogP contribution in [0.4, 0.5) is 4.79 Å². The minimum Gasteiger partial charge on any atom is -0.410 e. The third kappa shape index (κ3) is 9.13. The van der Waals surface area contributed by atoms with Crippen LogP contribution in [0.5, 0.6) is 5.75 Å². The van der Waals surface area contributed by atoms with E-state index in [1.807, 2.05) is 35.2 Å². The Morgan fingerprint density at radius 1 is 1.00 bits per heavy atom. The molecule has 0 saturated carbocycles. The fourth-order valence-corrected chi connectivity index (χ4v) is 5.37. The maximum atomic E-state index is 12.7. The average Bonchev–Trinajstić information content (AvgIpc) is 3.07. The molecule has 2 aromatic carbocycles. The van der Waals surface area contributed by atoms with Crippen molar-refractivity contribution in [3.63, 3.8) is 0 Å². The summed E-state index contributed by atoms with van der Waals surface area (Å²) in [6.07, 6.45) is 4.89. The molecule has 1 aliphatic rings. The highest BCUT2D eigenvalue weighted by molar-refractivity contribution is 7.90. The number of hydrogen-bond acceptors (Lipinski definition) is 6. The Morgan fingerprint density at radius 3 is 2.37 bits per heavy atom. The first-order valence-corrected chi connectivity index (χ1v) is 15.4. The zero-order valence-corrected chi connectivity index (χ0v) is 23.7. The van der Waals surface area contributed by atoms with Gasteiger partial charge in [0.05, 0.1) is 4.90 Å². The molecule has 0 bridgehead atoms. The van der Waals surface area contributed by atoms with Crippen molar-refractivity contribution in [3.05, 3.63) is 60.2 Å². The number of sulfone groups is 1. The van der Waals surface area contributed by atoms with Gasteiger partial charge in [-0.1, -0.05) is 37.3 Å². The monoisotopic (exact) mass is 543 g/mol. The van der Waals surface area contributed by atoms with Crippen molar-refractivity contribution in [1.29, 1.82) is 0 Å². The molecule has 1 unspecified atom stereocenters. The van der Waals surface area contributed by atoms with E-state index in [4.69, 9.17) is 4.74 Å². The number of hydrogen-bond donors (Lipinski definition) is 0. The summed E-state index contributed by atoms with van der Waals surface area (Å²) in [5.41, 5.74) is 1.12. The average molecular weight is 544 g/mol. The smallest absolute Gasteiger partial charge is 0.410 e. The summed E-state index contributed by atoms with van der Waals surface area (Å²) in [6, 6.07) is 16.5.